The number of aryl methyl sites for hydroxylation is 2. The Morgan fingerprint density at radius 2 is 2.07 bits per heavy atom. The molecule has 0 spiro atoms. The fourth-order valence-electron chi connectivity index (χ4n) is 1.69. The van der Waals surface area contributed by atoms with Crippen LogP contribution in [0.5, 0.6) is 0 Å². The van der Waals surface area contributed by atoms with Crippen LogP contribution in [0.25, 0.3) is 0 Å². The van der Waals surface area contributed by atoms with Gasteiger partial charge in [0.05, 0.1) is 0 Å². The summed E-state index contributed by atoms with van der Waals surface area (Å²) < 4.78 is 0. The summed E-state index contributed by atoms with van der Waals surface area (Å²) in [6.07, 6.45) is 3.01. The first kappa shape index (κ1) is 12.0. The van der Waals surface area contributed by atoms with Crippen LogP contribution >= 0.6 is 0 Å². The van der Waals surface area contributed by atoms with Crippen LogP contribution in [0.3, 0.4) is 0 Å². The molecule has 15 heavy (non-hydrogen) atoms. The summed E-state index contributed by atoms with van der Waals surface area (Å²) in [6.45, 7) is 11.3. The lowest BCUT2D eigenvalue weighted by atomic mass is 10.0. The van der Waals surface area contributed by atoms with E-state index < -0.39 is 0 Å². The average Bonchev–Trinajstić information content (AvgIpc) is 2.23. The lowest BCUT2D eigenvalue weighted by molar-refractivity contribution is 0.613. The Morgan fingerprint density at radius 1 is 1.33 bits per heavy atom. The second-order valence-corrected chi connectivity index (χ2v) is 4.02. The molecule has 0 saturated carbocycles. The normalized spacial score (nSPS) is 12.5. The van der Waals surface area contributed by atoms with Gasteiger partial charge in [0.25, 0.3) is 0 Å². The molecule has 1 rings (SSSR count). The molecule has 1 aromatic rings. The fraction of sp³-hybridized carbons (Fsp3) is 0.429. The van der Waals surface area contributed by atoms with Crippen molar-refractivity contribution in [3.05, 3.63) is 47.5 Å². The highest BCUT2D eigenvalue weighted by molar-refractivity contribution is 5.30. The van der Waals surface area contributed by atoms with Crippen molar-refractivity contribution in [3.8, 4) is 0 Å². The van der Waals surface area contributed by atoms with Gasteiger partial charge in [-0.25, -0.2) is 0 Å². The predicted octanol–water partition coefficient (Wildman–Crippen LogP) is 3.01. The summed E-state index contributed by atoms with van der Waals surface area (Å²) >= 11 is 0. The van der Waals surface area contributed by atoms with E-state index in [1.165, 1.54) is 16.7 Å². The SMILES string of the molecule is C=CC(Cc1ccc(C)c(C)c1)NCC. The lowest BCUT2D eigenvalue weighted by Crippen LogP contribution is -2.28. The van der Waals surface area contributed by atoms with Crippen LogP contribution < -0.4 is 5.32 Å². The van der Waals surface area contributed by atoms with E-state index >= 15 is 0 Å². The molecule has 0 bridgehead atoms. The minimum atomic E-state index is 0.386. The van der Waals surface area contributed by atoms with Gasteiger partial charge in [-0.2, -0.15) is 0 Å². The molecule has 1 nitrogen and oxygen atoms in total. The Balaban J connectivity index is 2.70. The molecule has 1 aromatic carbocycles. The minimum Gasteiger partial charge on any atom is -0.310 e. The van der Waals surface area contributed by atoms with Gasteiger partial charge in [-0.05, 0) is 43.5 Å². The lowest BCUT2D eigenvalue weighted by Gasteiger charge is -2.14. The van der Waals surface area contributed by atoms with E-state index in [-0.39, 0.29) is 0 Å². The van der Waals surface area contributed by atoms with E-state index in [2.05, 4.69) is 50.9 Å². The smallest absolute Gasteiger partial charge is 0.0287 e. The van der Waals surface area contributed by atoms with Gasteiger partial charge >= 0.3 is 0 Å². The molecule has 82 valence electrons. The minimum absolute atomic E-state index is 0.386. The highest BCUT2D eigenvalue weighted by Gasteiger charge is 2.04. The molecular formula is C14H21N. The third-order valence-corrected chi connectivity index (χ3v) is 2.78. The van der Waals surface area contributed by atoms with E-state index in [9.17, 15) is 0 Å². The van der Waals surface area contributed by atoms with E-state index in [1.54, 1.807) is 0 Å². The largest absolute Gasteiger partial charge is 0.310 e. The maximum absolute atomic E-state index is 3.85. The zero-order valence-corrected chi connectivity index (χ0v) is 10.0. The molecule has 1 atom stereocenters. The zero-order chi connectivity index (χ0) is 11.3. The van der Waals surface area contributed by atoms with Crippen molar-refractivity contribution in [1.82, 2.24) is 5.32 Å². The van der Waals surface area contributed by atoms with Crippen molar-refractivity contribution in [2.45, 2.75) is 33.2 Å². The van der Waals surface area contributed by atoms with Gasteiger partial charge in [0.2, 0.25) is 0 Å². The molecular weight excluding hydrogens is 182 g/mol. The number of hydrogen-bond acceptors (Lipinski definition) is 1. The summed E-state index contributed by atoms with van der Waals surface area (Å²) in [5.74, 6) is 0. The molecule has 1 N–H and O–H groups in total. The van der Waals surface area contributed by atoms with E-state index in [0.717, 1.165) is 13.0 Å². The number of rotatable bonds is 5. The van der Waals surface area contributed by atoms with Crippen molar-refractivity contribution in [2.24, 2.45) is 0 Å². The fourth-order valence-corrected chi connectivity index (χ4v) is 1.69. The summed E-state index contributed by atoms with van der Waals surface area (Å²) in [5.41, 5.74) is 4.10. The van der Waals surface area contributed by atoms with Gasteiger partial charge < -0.3 is 5.32 Å². The van der Waals surface area contributed by atoms with Crippen molar-refractivity contribution in [1.29, 1.82) is 0 Å². The second-order valence-electron chi connectivity index (χ2n) is 4.02. The quantitative estimate of drug-likeness (QED) is 0.725. The monoisotopic (exact) mass is 203 g/mol. The highest BCUT2D eigenvalue weighted by Crippen LogP contribution is 2.11. The third kappa shape index (κ3) is 3.52. The summed E-state index contributed by atoms with van der Waals surface area (Å²) in [7, 11) is 0. The molecule has 0 radical (unpaired) electrons. The summed E-state index contributed by atoms with van der Waals surface area (Å²) in [6, 6.07) is 7.05. The molecule has 0 amide bonds. The molecule has 1 unspecified atom stereocenters. The molecule has 0 aliphatic heterocycles. The number of hydrogen-bond donors (Lipinski definition) is 1. The number of likely N-dealkylation sites (N-methyl/N-ethyl adjacent to an activating group) is 1. The first-order chi connectivity index (χ1) is 7.17. The Hall–Kier alpha value is -1.08. The Labute approximate surface area is 93.2 Å². The zero-order valence-electron chi connectivity index (χ0n) is 10.0. The first-order valence-electron chi connectivity index (χ1n) is 5.59. The molecule has 0 aliphatic carbocycles. The van der Waals surface area contributed by atoms with Gasteiger partial charge in [-0.1, -0.05) is 31.2 Å². The van der Waals surface area contributed by atoms with Crippen molar-refractivity contribution < 1.29 is 0 Å². The van der Waals surface area contributed by atoms with Gasteiger partial charge in [-0.3, -0.25) is 0 Å². The van der Waals surface area contributed by atoms with E-state index in [1.807, 2.05) is 6.08 Å². The number of nitrogens with one attached hydrogen (secondary N) is 1. The molecule has 0 aromatic heterocycles. The molecule has 0 heterocycles. The highest BCUT2D eigenvalue weighted by atomic mass is 14.9. The van der Waals surface area contributed by atoms with Gasteiger partial charge in [0.1, 0.15) is 0 Å². The van der Waals surface area contributed by atoms with Gasteiger partial charge in [0.15, 0.2) is 0 Å². The summed E-state index contributed by atoms with van der Waals surface area (Å²) in [4.78, 5) is 0. The molecule has 0 saturated heterocycles. The van der Waals surface area contributed by atoms with Crippen molar-refractivity contribution >= 4 is 0 Å². The summed E-state index contributed by atoms with van der Waals surface area (Å²) in [5, 5.41) is 3.40. The van der Waals surface area contributed by atoms with Crippen LogP contribution in [0.15, 0.2) is 30.9 Å². The van der Waals surface area contributed by atoms with Crippen LogP contribution in [0.4, 0.5) is 0 Å². The standard InChI is InChI=1S/C14H21N/c1-5-14(15-6-2)10-13-8-7-11(3)12(4)9-13/h5,7-9,14-15H,1,6,10H2,2-4H3. The Kier molecular flexibility index (Phi) is 4.57. The molecule has 1 heteroatoms. The number of benzene rings is 1. The van der Waals surface area contributed by atoms with E-state index in [4.69, 9.17) is 0 Å². The van der Waals surface area contributed by atoms with Crippen molar-refractivity contribution in [2.75, 3.05) is 6.54 Å². The maximum atomic E-state index is 3.85. The van der Waals surface area contributed by atoms with Crippen LogP contribution in [-0.4, -0.2) is 12.6 Å². The van der Waals surface area contributed by atoms with Crippen LogP contribution in [0, 0.1) is 13.8 Å². The average molecular weight is 203 g/mol. The van der Waals surface area contributed by atoms with Crippen molar-refractivity contribution in [3.63, 3.8) is 0 Å². The predicted molar refractivity (Wildman–Crippen MR) is 67.3 cm³/mol. The van der Waals surface area contributed by atoms with Gasteiger partial charge in [0, 0.05) is 6.04 Å². The first-order valence-corrected chi connectivity index (χ1v) is 5.59. The van der Waals surface area contributed by atoms with Crippen LogP contribution in [0.1, 0.15) is 23.6 Å². The van der Waals surface area contributed by atoms with E-state index in [0.29, 0.717) is 6.04 Å². The topological polar surface area (TPSA) is 12.0 Å². The van der Waals surface area contributed by atoms with Crippen LogP contribution in [-0.2, 0) is 6.42 Å². The third-order valence-electron chi connectivity index (χ3n) is 2.78. The Morgan fingerprint density at radius 3 is 2.60 bits per heavy atom. The maximum Gasteiger partial charge on any atom is 0.0287 e. The second kappa shape index (κ2) is 5.72. The Bertz CT molecular complexity index is 328. The molecule has 0 fully saturated rings. The molecule has 0 aliphatic rings. The van der Waals surface area contributed by atoms with Crippen LogP contribution in [0.2, 0.25) is 0 Å². The van der Waals surface area contributed by atoms with Gasteiger partial charge in [-0.15, -0.1) is 6.58 Å².